The van der Waals surface area contributed by atoms with Crippen LogP contribution in [0.2, 0.25) is 0 Å². The number of ether oxygens (including phenoxy) is 1. The van der Waals surface area contributed by atoms with Crippen LogP contribution in [0.4, 0.5) is 5.13 Å². The lowest BCUT2D eigenvalue weighted by Crippen LogP contribution is -2.28. The van der Waals surface area contributed by atoms with E-state index in [0.29, 0.717) is 24.0 Å². The number of amides is 1. The second-order valence-electron chi connectivity index (χ2n) is 3.06. The lowest BCUT2D eigenvalue weighted by Gasteiger charge is -2.03. The summed E-state index contributed by atoms with van der Waals surface area (Å²) in [6.07, 6.45) is 0. The fraction of sp³-hybridized carbons (Fsp3) is 0.556. The molecule has 0 bridgehead atoms. The lowest BCUT2D eigenvalue weighted by molar-refractivity contribution is -0.118. The molecule has 7 heteroatoms. The smallest absolute Gasteiger partial charge is 0.230 e. The average molecular weight is 261 g/mol. The largest absolute Gasteiger partial charge is 0.383 e. The predicted molar refractivity (Wildman–Crippen MR) is 66.9 cm³/mol. The van der Waals surface area contributed by atoms with E-state index in [2.05, 4.69) is 10.3 Å². The first-order valence-electron chi connectivity index (χ1n) is 4.75. The molecule has 0 aliphatic rings. The summed E-state index contributed by atoms with van der Waals surface area (Å²) >= 11 is 2.87. The number of methoxy groups -OCH3 is 1. The molecule has 1 aromatic heterocycles. The summed E-state index contributed by atoms with van der Waals surface area (Å²) in [5.41, 5.74) is 6.45. The molecule has 0 spiro atoms. The van der Waals surface area contributed by atoms with Gasteiger partial charge in [-0.15, -0.1) is 11.8 Å². The standard InChI is InChI=1S/C9H15N3O2S2/c1-6-8(16-9(10)12-6)15-5-7(13)11-3-4-14-2/h3-5H2,1-2H3,(H2,10,12)(H,11,13). The summed E-state index contributed by atoms with van der Waals surface area (Å²) < 4.78 is 5.83. The van der Waals surface area contributed by atoms with Crippen LogP contribution in [-0.2, 0) is 9.53 Å². The van der Waals surface area contributed by atoms with Crippen molar-refractivity contribution < 1.29 is 9.53 Å². The molecule has 1 amide bonds. The molecule has 0 aromatic carbocycles. The van der Waals surface area contributed by atoms with E-state index in [1.54, 1.807) is 7.11 Å². The molecule has 0 radical (unpaired) electrons. The van der Waals surface area contributed by atoms with E-state index in [4.69, 9.17) is 10.5 Å². The number of nitrogens with two attached hydrogens (primary N) is 1. The Morgan fingerprint density at radius 3 is 3.00 bits per heavy atom. The van der Waals surface area contributed by atoms with Crippen molar-refractivity contribution in [3.8, 4) is 0 Å². The highest BCUT2D eigenvalue weighted by molar-refractivity contribution is 8.01. The van der Waals surface area contributed by atoms with Crippen LogP contribution in [0.1, 0.15) is 5.69 Å². The monoisotopic (exact) mass is 261 g/mol. The van der Waals surface area contributed by atoms with Crippen molar-refractivity contribution in [1.29, 1.82) is 0 Å². The molecule has 0 saturated heterocycles. The number of nitrogen functional groups attached to an aromatic ring is 1. The molecule has 3 N–H and O–H groups in total. The number of rotatable bonds is 6. The molecule has 0 unspecified atom stereocenters. The lowest BCUT2D eigenvalue weighted by atomic mass is 10.6. The molecule has 90 valence electrons. The van der Waals surface area contributed by atoms with Gasteiger partial charge in [0.05, 0.1) is 22.3 Å². The summed E-state index contributed by atoms with van der Waals surface area (Å²) in [6.45, 7) is 2.96. The van der Waals surface area contributed by atoms with E-state index in [9.17, 15) is 4.79 Å². The zero-order valence-corrected chi connectivity index (χ0v) is 10.9. The molecule has 0 atom stereocenters. The summed E-state index contributed by atoms with van der Waals surface area (Å²) in [4.78, 5) is 15.5. The fourth-order valence-electron chi connectivity index (χ4n) is 1.01. The minimum absolute atomic E-state index is 0.00609. The van der Waals surface area contributed by atoms with E-state index < -0.39 is 0 Å². The Hall–Kier alpha value is -0.790. The number of nitrogens with zero attached hydrogens (tertiary/aromatic N) is 1. The highest BCUT2D eigenvalue weighted by atomic mass is 32.2. The van der Waals surface area contributed by atoms with Crippen LogP contribution >= 0.6 is 23.1 Å². The van der Waals surface area contributed by atoms with Crippen molar-refractivity contribution in [2.24, 2.45) is 0 Å². The number of hydrogen-bond donors (Lipinski definition) is 2. The first-order valence-corrected chi connectivity index (χ1v) is 6.55. The van der Waals surface area contributed by atoms with Gasteiger partial charge in [0.15, 0.2) is 5.13 Å². The Morgan fingerprint density at radius 2 is 2.44 bits per heavy atom. The highest BCUT2D eigenvalue weighted by Crippen LogP contribution is 2.30. The van der Waals surface area contributed by atoms with Gasteiger partial charge in [-0.2, -0.15) is 0 Å². The third-order valence-corrected chi connectivity index (χ3v) is 4.08. The molecule has 0 fully saturated rings. The van der Waals surface area contributed by atoms with Crippen molar-refractivity contribution >= 4 is 34.1 Å². The first kappa shape index (κ1) is 13.3. The van der Waals surface area contributed by atoms with Crippen LogP contribution in [0.15, 0.2) is 4.21 Å². The predicted octanol–water partition coefficient (Wildman–Crippen LogP) is 0.888. The number of carbonyl (C=O) groups is 1. The second kappa shape index (κ2) is 6.72. The van der Waals surface area contributed by atoms with Gasteiger partial charge in [-0.25, -0.2) is 4.98 Å². The minimum Gasteiger partial charge on any atom is -0.383 e. The molecule has 1 rings (SSSR count). The molecule has 16 heavy (non-hydrogen) atoms. The van der Waals surface area contributed by atoms with Crippen LogP contribution in [0.5, 0.6) is 0 Å². The molecule has 5 nitrogen and oxygen atoms in total. The highest BCUT2D eigenvalue weighted by Gasteiger charge is 2.08. The van der Waals surface area contributed by atoms with Gasteiger partial charge in [0, 0.05) is 13.7 Å². The zero-order valence-electron chi connectivity index (χ0n) is 9.28. The maximum absolute atomic E-state index is 11.4. The molecule has 0 aliphatic heterocycles. The van der Waals surface area contributed by atoms with Crippen molar-refractivity contribution in [3.05, 3.63) is 5.69 Å². The second-order valence-corrected chi connectivity index (χ2v) is 5.33. The van der Waals surface area contributed by atoms with Crippen molar-refractivity contribution in [1.82, 2.24) is 10.3 Å². The molecule has 0 aliphatic carbocycles. The number of aromatic nitrogens is 1. The normalized spacial score (nSPS) is 10.4. The average Bonchev–Trinajstić information content (AvgIpc) is 2.55. The maximum Gasteiger partial charge on any atom is 0.230 e. The van der Waals surface area contributed by atoms with E-state index in [1.807, 2.05) is 6.92 Å². The van der Waals surface area contributed by atoms with E-state index in [0.717, 1.165) is 9.90 Å². The van der Waals surface area contributed by atoms with E-state index in [-0.39, 0.29) is 5.91 Å². The number of aryl methyl sites for hydroxylation is 1. The molecule has 1 aromatic rings. The number of nitrogens with one attached hydrogen (secondary N) is 1. The van der Waals surface area contributed by atoms with Crippen molar-refractivity contribution in [2.75, 3.05) is 31.7 Å². The van der Waals surface area contributed by atoms with E-state index >= 15 is 0 Å². The number of thioether (sulfide) groups is 1. The van der Waals surface area contributed by atoms with Gasteiger partial charge in [0.2, 0.25) is 5.91 Å². The Bertz CT molecular complexity index is 355. The van der Waals surface area contributed by atoms with Gasteiger partial charge < -0.3 is 15.8 Å². The Balaban J connectivity index is 2.29. The van der Waals surface area contributed by atoms with Crippen LogP contribution in [-0.4, -0.2) is 36.9 Å². The summed E-state index contributed by atoms with van der Waals surface area (Å²) in [5.74, 6) is 0.375. The third kappa shape index (κ3) is 4.38. The Morgan fingerprint density at radius 1 is 1.69 bits per heavy atom. The van der Waals surface area contributed by atoms with Gasteiger partial charge >= 0.3 is 0 Å². The Labute approximate surface area is 103 Å². The molecule has 1 heterocycles. The topological polar surface area (TPSA) is 77.2 Å². The molecular weight excluding hydrogens is 246 g/mol. The first-order chi connectivity index (χ1) is 7.63. The van der Waals surface area contributed by atoms with Gasteiger partial charge in [-0.1, -0.05) is 11.3 Å². The summed E-state index contributed by atoms with van der Waals surface area (Å²) in [5, 5.41) is 3.29. The summed E-state index contributed by atoms with van der Waals surface area (Å²) in [6, 6.07) is 0. The van der Waals surface area contributed by atoms with Crippen LogP contribution in [0, 0.1) is 6.92 Å². The molecular formula is C9H15N3O2S2. The number of thiazole rings is 1. The van der Waals surface area contributed by atoms with Gasteiger partial charge in [-0.3, -0.25) is 4.79 Å². The number of hydrogen-bond acceptors (Lipinski definition) is 6. The Kier molecular flexibility index (Phi) is 5.58. The maximum atomic E-state index is 11.4. The zero-order chi connectivity index (χ0) is 12.0. The van der Waals surface area contributed by atoms with Crippen molar-refractivity contribution in [3.63, 3.8) is 0 Å². The van der Waals surface area contributed by atoms with Crippen molar-refractivity contribution in [2.45, 2.75) is 11.1 Å². The quantitative estimate of drug-likeness (QED) is 0.587. The van der Waals surface area contributed by atoms with Gasteiger partial charge in [-0.05, 0) is 6.92 Å². The van der Waals surface area contributed by atoms with E-state index in [1.165, 1.54) is 23.1 Å². The third-order valence-electron chi connectivity index (χ3n) is 1.73. The van der Waals surface area contributed by atoms with Crippen LogP contribution in [0.25, 0.3) is 0 Å². The van der Waals surface area contributed by atoms with Crippen LogP contribution in [0.3, 0.4) is 0 Å². The summed E-state index contributed by atoms with van der Waals surface area (Å²) in [7, 11) is 1.60. The number of anilines is 1. The number of carbonyl (C=O) groups excluding carboxylic acids is 1. The van der Waals surface area contributed by atoms with Crippen LogP contribution < -0.4 is 11.1 Å². The fourth-order valence-corrected chi connectivity index (χ4v) is 2.86. The van der Waals surface area contributed by atoms with Gasteiger partial charge in [0.25, 0.3) is 0 Å². The van der Waals surface area contributed by atoms with Gasteiger partial charge in [0.1, 0.15) is 0 Å². The molecule has 0 saturated carbocycles. The SMILES string of the molecule is COCCNC(=O)CSc1sc(N)nc1C. The minimum atomic E-state index is -0.00609.